The number of methoxy groups -OCH3 is 1. The lowest BCUT2D eigenvalue weighted by molar-refractivity contribution is 0.0603. The number of carbonyl (C=O) groups excluding carboxylic acids is 1. The maximum absolute atomic E-state index is 11.8. The van der Waals surface area contributed by atoms with Crippen LogP contribution in [-0.4, -0.2) is 25.9 Å². The Bertz CT molecular complexity index is 775. The topological polar surface area (TPSA) is 42.1 Å². The van der Waals surface area contributed by atoms with Crippen molar-refractivity contribution in [2.24, 2.45) is 0 Å². The molecule has 20 heavy (non-hydrogen) atoms. The molecule has 1 heterocycles. The highest BCUT2D eigenvalue weighted by Crippen LogP contribution is 2.30. The smallest absolute Gasteiger partial charge is 0.339 e. The number of hydrogen-bond donors (Lipinski definition) is 1. The highest BCUT2D eigenvalue weighted by molar-refractivity contribution is 6.32. The Labute approximate surface area is 118 Å². The number of carbonyl (C=O) groups is 1. The molecule has 0 aliphatic heterocycles. The van der Waals surface area contributed by atoms with Crippen molar-refractivity contribution in [2.45, 2.75) is 0 Å². The Morgan fingerprint density at radius 3 is 2.60 bits per heavy atom. The summed E-state index contributed by atoms with van der Waals surface area (Å²) in [5.41, 5.74) is 4.12. The van der Waals surface area contributed by atoms with Crippen LogP contribution in [-0.2, 0) is 4.74 Å². The molecule has 96 valence electrons. The molecule has 2 radical (unpaired) electrons. The molecule has 3 rings (SSSR count). The third kappa shape index (κ3) is 1.99. The minimum atomic E-state index is -0.346. The fourth-order valence-corrected chi connectivity index (χ4v) is 2.34. The van der Waals surface area contributed by atoms with E-state index in [9.17, 15) is 4.79 Å². The molecule has 1 aromatic heterocycles. The second kappa shape index (κ2) is 4.89. The first kappa shape index (κ1) is 12.5. The molecule has 2 aromatic carbocycles. The molecule has 0 spiro atoms. The molecule has 4 heteroatoms. The molecule has 0 unspecified atom stereocenters. The van der Waals surface area contributed by atoms with Gasteiger partial charge < -0.3 is 9.72 Å². The van der Waals surface area contributed by atoms with Gasteiger partial charge in [0.2, 0.25) is 0 Å². The number of rotatable bonds is 2. The van der Waals surface area contributed by atoms with Gasteiger partial charge in [-0.3, -0.25) is 0 Å². The predicted molar refractivity (Wildman–Crippen MR) is 80.5 cm³/mol. The van der Waals surface area contributed by atoms with E-state index in [0.717, 1.165) is 27.5 Å². The SMILES string of the molecule is [B]c1ccc(-c2c[nH]c3c(C(=O)OC)cccc23)cc1. The van der Waals surface area contributed by atoms with Gasteiger partial charge in [0.05, 0.1) is 18.2 Å². The van der Waals surface area contributed by atoms with Crippen LogP contribution in [0.5, 0.6) is 0 Å². The lowest BCUT2D eigenvalue weighted by Crippen LogP contribution is -2.01. The maximum Gasteiger partial charge on any atom is 0.339 e. The first-order valence-electron chi connectivity index (χ1n) is 6.25. The Morgan fingerprint density at radius 1 is 1.15 bits per heavy atom. The first-order valence-corrected chi connectivity index (χ1v) is 6.25. The minimum absolute atomic E-state index is 0.346. The highest BCUT2D eigenvalue weighted by Gasteiger charge is 2.14. The van der Waals surface area contributed by atoms with Crippen LogP contribution in [0.4, 0.5) is 0 Å². The van der Waals surface area contributed by atoms with Gasteiger partial charge in [-0.1, -0.05) is 41.9 Å². The lowest BCUT2D eigenvalue weighted by Gasteiger charge is -2.03. The second-order valence-corrected chi connectivity index (χ2v) is 4.54. The van der Waals surface area contributed by atoms with E-state index in [1.807, 2.05) is 42.6 Å². The van der Waals surface area contributed by atoms with Gasteiger partial charge in [0.15, 0.2) is 0 Å². The van der Waals surface area contributed by atoms with Crippen LogP contribution in [0.2, 0.25) is 0 Å². The number of hydrogen-bond acceptors (Lipinski definition) is 2. The summed E-state index contributed by atoms with van der Waals surface area (Å²) in [6, 6.07) is 13.2. The summed E-state index contributed by atoms with van der Waals surface area (Å²) in [4.78, 5) is 14.9. The van der Waals surface area contributed by atoms with E-state index in [-0.39, 0.29) is 5.97 Å². The van der Waals surface area contributed by atoms with Crippen LogP contribution < -0.4 is 5.46 Å². The van der Waals surface area contributed by atoms with Crippen LogP contribution in [0, 0.1) is 0 Å². The minimum Gasteiger partial charge on any atom is -0.465 e. The van der Waals surface area contributed by atoms with E-state index in [0.29, 0.717) is 5.56 Å². The number of para-hydroxylation sites is 1. The average molecular weight is 261 g/mol. The van der Waals surface area contributed by atoms with Gasteiger partial charge in [-0.25, -0.2) is 4.79 Å². The quantitative estimate of drug-likeness (QED) is 0.568. The number of esters is 1. The number of ether oxygens (including phenoxy) is 1. The van der Waals surface area contributed by atoms with E-state index in [4.69, 9.17) is 12.6 Å². The number of aromatic amines is 1. The molecule has 0 amide bonds. The standard InChI is InChI=1S/C16H12BNO2/c1-20-16(19)13-4-2-3-12-14(9-18-15(12)13)10-5-7-11(17)8-6-10/h2-9,18H,1H3. The zero-order valence-corrected chi connectivity index (χ0v) is 11.0. The number of nitrogens with one attached hydrogen (secondary N) is 1. The molecular formula is C16H12BNO2. The van der Waals surface area contributed by atoms with Crippen LogP contribution in [0.1, 0.15) is 10.4 Å². The van der Waals surface area contributed by atoms with Crippen LogP contribution in [0.15, 0.2) is 48.7 Å². The summed E-state index contributed by atoms with van der Waals surface area (Å²) in [5.74, 6) is -0.346. The summed E-state index contributed by atoms with van der Waals surface area (Å²) in [6.45, 7) is 0. The fourth-order valence-electron chi connectivity index (χ4n) is 2.34. The normalized spacial score (nSPS) is 10.7. The van der Waals surface area contributed by atoms with Gasteiger partial charge in [0, 0.05) is 17.1 Å². The maximum atomic E-state index is 11.8. The predicted octanol–water partition coefficient (Wildman–Crippen LogP) is 2.42. The summed E-state index contributed by atoms with van der Waals surface area (Å²) in [6.07, 6.45) is 1.89. The molecule has 0 aliphatic carbocycles. The Morgan fingerprint density at radius 2 is 1.90 bits per heavy atom. The molecule has 0 saturated carbocycles. The van der Waals surface area contributed by atoms with Crippen molar-refractivity contribution in [1.29, 1.82) is 0 Å². The van der Waals surface area contributed by atoms with Crippen molar-refractivity contribution in [3.8, 4) is 11.1 Å². The van der Waals surface area contributed by atoms with E-state index in [1.54, 1.807) is 6.07 Å². The van der Waals surface area contributed by atoms with Crippen molar-refractivity contribution in [1.82, 2.24) is 4.98 Å². The first-order chi connectivity index (χ1) is 9.70. The molecule has 0 fully saturated rings. The zero-order valence-electron chi connectivity index (χ0n) is 11.0. The van der Waals surface area contributed by atoms with Crippen molar-refractivity contribution in [3.05, 3.63) is 54.2 Å². The molecule has 0 aliphatic rings. The zero-order chi connectivity index (χ0) is 14.1. The summed E-state index contributed by atoms with van der Waals surface area (Å²) in [5, 5.41) is 0.984. The van der Waals surface area contributed by atoms with E-state index in [1.165, 1.54) is 7.11 Å². The van der Waals surface area contributed by atoms with Gasteiger partial charge in [0.25, 0.3) is 0 Å². The van der Waals surface area contributed by atoms with Crippen LogP contribution >= 0.6 is 0 Å². The van der Waals surface area contributed by atoms with Crippen molar-refractivity contribution in [2.75, 3.05) is 7.11 Å². The number of fused-ring (bicyclic) bond motifs is 1. The number of benzene rings is 2. The van der Waals surface area contributed by atoms with E-state index >= 15 is 0 Å². The molecule has 0 bridgehead atoms. The average Bonchev–Trinajstić information content (AvgIpc) is 2.91. The van der Waals surface area contributed by atoms with Gasteiger partial charge in [-0.05, 0) is 11.6 Å². The third-order valence-electron chi connectivity index (χ3n) is 3.34. The fraction of sp³-hybridized carbons (Fsp3) is 0.0625. The van der Waals surface area contributed by atoms with Crippen molar-refractivity contribution >= 4 is 30.2 Å². The van der Waals surface area contributed by atoms with Crippen molar-refractivity contribution in [3.63, 3.8) is 0 Å². The molecular weight excluding hydrogens is 249 g/mol. The molecule has 1 N–H and O–H groups in total. The summed E-state index contributed by atoms with van der Waals surface area (Å²) >= 11 is 0. The molecule has 0 atom stereocenters. The lowest BCUT2D eigenvalue weighted by atomic mass is 9.93. The van der Waals surface area contributed by atoms with Crippen LogP contribution in [0.3, 0.4) is 0 Å². The number of H-pyrrole nitrogens is 1. The second-order valence-electron chi connectivity index (χ2n) is 4.54. The van der Waals surface area contributed by atoms with E-state index < -0.39 is 0 Å². The molecule has 3 nitrogen and oxygen atoms in total. The van der Waals surface area contributed by atoms with Gasteiger partial charge in [-0.15, -0.1) is 0 Å². The highest BCUT2D eigenvalue weighted by atomic mass is 16.5. The third-order valence-corrected chi connectivity index (χ3v) is 3.34. The van der Waals surface area contributed by atoms with Crippen molar-refractivity contribution < 1.29 is 9.53 Å². The number of aromatic nitrogens is 1. The monoisotopic (exact) mass is 261 g/mol. The Kier molecular flexibility index (Phi) is 3.07. The Balaban J connectivity index is 2.19. The van der Waals surface area contributed by atoms with E-state index in [2.05, 4.69) is 4.98 Å². The van der Waals surface area contributed by atoms with Gasteiger partial charge in [-0.2, -0.15) is 0 Å². The summed E-state index contributed by atoms with van der Waals surface area (Å²) in [7, 11) is 7.09. The van der Waals surface area contributed by atoms with Gasteiger partial charge in [0.1, 0.15) is 7.85 Å². The Hall–Kier alpha value is -2.49. The summed E-state index contributed by atoms with van der Waals surface area (Å²) < 4.78 is 4.80. The molecule has 0 saturated heterocycles. The van der Waals surface area contributed by atoms with Gasteiger partial charge >= 0.3 is 5.97 Å². The largest absolute Gasteiger partial charge is 0.465 e. The van der Waals surface area contributed by atoms with Crippen LogP contribution in [0.25, 0.3) is 22.0 Å². The molecule has 3 aromatic rings.